The fourth-order valence-electron chi connectivity index (χ4n) is 2.94. The van der Waals surface area contributed by atoms with Crippen LogP contribution in [-0.2, 0) is 21.4 Å². The minimum absolute atomic E-state index is 0. The zero-order valence-electron chi connectivity index (χ0n) is 12.3. The van der Waals surface area contributed by atoms with Crippen molar-refractivity contribution in [2.24, 2.45) is 5.73 Å². The third-order valence-corrected chi connectivity index (χ3v) is 4.25. The summed E-state index contributed by atoms with van der Waals surface area (Å²) in [6.07, 6.45) is 7.10. The van der Waals surface area contributed by atoms with Crippen LogP contribution in [0.4, 0.5) is 0 Å². The summed E-state index contributed by atoms with van der Waals surface area (Å²) in [5.41, 5.74) is 5.94. The number of halogens is 1. The van der Waals surface area contributed by atoms with Gasteiger partial charge in [0.2, 0.25) is 5.89 Å². The predicted molar refractivity (Wildman–Crippen MR) is 79.4 cm³/mol. The van der Waals surface area contributed by atoms with E-state index in [2.05, 4.69) is 10.1 Å². The summed E-state index contributed by atoms with van der Waals surface area (Å²) in [4.78, 5) is 4.44. The van der Waals surface area contributed by atoms with Crippen molar-refractivity contribution in [3.05, 3.63) is 11.7 Å². The van der Waals surface area contributed by atoms with Gasteiger partial charge in [0.1, 0.15) is 0 Å². The lowest BCUT2D eigenvalue weighted by atomic mass is 9.99. The highest BCUT2D eigenvalue weighted by molar-refractivity contribution is 5.85. The van der Waals surface area contributed by atoms with E-state index in [0.717, 1.165) is 51.7 Å². The van der Waals surface area contributed by atoms with E-state index in [1.165, 1.54) is 0 Å². The van der Waals surface area contributed by atoms with Gasteiger partial charge in [0, 0.05) is 13.2 Å². The molecule has 7 heteroatoms. The number of rotatable bonds is 5. The van der Waals surface area contributed by atoms with Crippen LogP contribution in [0.1, 0.15) is 50.2 Å². The van der Waals surface area contributed by atoms with Crippen LogP contribution in [0, 0.1) is 0 Å². The second kappa shape index (κ2) is 7.54. The molecule has 21 heavy (non-hydrogen) atoms. The monoisotopic (exact) mass is 317 g/mol. The predicted octanol–water partition coefficient (Wildman–Crippen LogP) is 1.96. The third kappa shape index (κ3) is 4.16. The zero-order valence-corrected chi connectivity index (χ0v) is 13.1. The number of hydrogen-bond donors (Lipinski definition) is 1. The minimum Gasteiger partial charge on any atom is -0.381 e. The van der Waals surface area contributed by atoms with Gasteiger partial charge in [-0.15, -0.1) is 12.4 Å². The van der Waals surface area contributed by atoms with Gasteiger partial charge in [0.25, 0.3) is 0 Å². The Kier molecular flexibility index (Phi) is 5.98. The SMILES string of the molecule is Cl.NC1(c2noc(CCOC3CCOCC3)n2)CCCC1. The molecule has 0 bridgehead atoms. The van der Waals surface area contributed by atoms with Crippen LogP contribution >= 0.6 is 12.4 Å². The minimum atomic E-state index is -0.372. The number of nitrogens with zero attached hydrogens (tertiary/aromatic N) is 2. The smallest absolute Gasteiger partial charge is 0.229 e. The molecule has 2 N–H and O–H groups in total. The normalized spacial score (nSPS) is 22.1. The Morgan fingerprint density at radius 3 is 2.67 bits per heavy atom. The molecule has 0 unspecified atom stereocenters. The van der Waals surface area contributed by atoms with Gasteiger partial charge in [-0.05, 0) is 25.7 Å². The fourth-order valence-corrected chi connectivity index (χ4v) is 2.94. The van der Waals surface area contributed by atoms with Gasteiger partial charge in [0.15, 0.2) is 5.82 Å². The number of hydrogen-bond acceptors (Lipinski definition) is 6. The molecule has 2 fully saturated rings. The zero-order chi connectivity index (χ0) is 13.8. The second-order valence-corrected chi connectivity index (χ2v) is 5.81. The Morgan fingerprint density at radius 2 is 1.95 bits per heavy atom. The van der Waals surface area contributed by atoms with E-state index in [4.69, 9.17) is 19.7 Å². The van der Waals surface area contributed by atoms with Crippen molar-refractivity contribution in [3.8, 4) is 0 Å². The Bertz CT molecular complexity index is 429. The Morgan fingerprint density at radius 1 is 1.24 bits per heavy atom. The van der Waals surface area contributed by atoms with E-state index in [-0.39, 0.29) is 17.9 Å². The van der Waals surface area contributed by atoms with Crippen molar-refractivity contribution in [2.75, 3.05) is 19.8 Å². The summed E-state index contributed by atoms with van der Waals surface area (Å²) in [6.45, 7) is 2.21. The van der Waals surface area contributed by atoms with Gasteiger partial charge in [-0.3, -0.25) is 0 Å². The van der Waals surface area contributed by atoms with Crippen molar-refractivity contribution >= 4 is 12.4 Å². The second-order valence-electron chi connectivity index (χ2n) is 5.81. The Hall–Kier alpha value is -0.690. The third-order valence-electron chi connectivity index (χ3n) is 4.25. The highest BCUT2D eigenvalue weighted by Crippen LogP contribution is 2.34. The molecule has 0 atom stereocenters. The van der Waals surface area contributed by atoms with Gasteiger partial charge in [-0.25, -0.2) is 0 Å². The van der Waals surface area contributed by atoms with Crippen molar-refractivity contribution < 1.29 is 14.0 Å². The molecule has 1 aromatic heterocycles. The van der Waals surface area contributed by atoms with Crippen LogP contribution in [0.3, 0.4) is 0 Å². The van der Waals surface area contributed by atoms with Crippen LogP contribution in [0.5, 0.6) is 0 Å². The summed E-state index contributed by atoms with van der Waals surface area (Å²) in [7, 11) is 0. The molecule has 1 aliphatic carbocycles. The molecule has 0 radical (unpaired) electrons. The average molecular weight is 318 g/mol. The number of aromatic nitrogens is 2. The Balaban J connectivity index is 0.00000161. The molecular formula is C14H24ClN3O3. The first-order chi connectivity index (χ1) is 9.76. The van der Waals surface area contributed by atoms with E-state index in [1.54, 1.807) is 0 Å². The average Bonchev–Trinajstić information content (AvgIpc) is 3.10. The van der Waals surface area contributed by atoms with Gasteiger partial charge >= 0.3 is 0 Å². The fraction of sp³-hybridized carbons (Fsp3) is 0.857. The summed E-state index contributed by atoms with van der Waals surface area (Å²) >= 11 is 0. The first-order valence-electron chi connectivity index (χ1n) is 7.58. The van der Waals surface area contributed by atoms with Gasteiger partial charge in [-0.2, -0.15) is 4.98 Å². The van der Waals surface area contributed by atoms with Crippen LogP contribution in [0.2, 0.25) is 0 Å². The highest BCUT2D eigenvalue weighted by Gasteiger charge is 2.35. The van der Waals surface area contributed by atoms with Gasteiger partial charge in [-0.1, -0.05) is 18.0 Å². The van der Waals surface area contributed by atoms with Crippen LogP contribution in [0.25, 0.3) is 0 Å². The van der Waals surface area contributed by atoms with Crippen molar-refractivity contribution in [3.63, 3.8) is 0 Å². The highest BCUT2D eigenvalue weighted by atomic mass is 35.5. The maximum absolute atomic E-state index is 6.31. The van der Waals surface area contributed by atoms with Crippen LogP contribution in [0.15, 0.2) is 4.52 Å². The first kappa shape index (κ1) is 16.7. The Labute approximate surface area is 131 Å². The van der Waals surface area contributed by atoms with Crippen molar-refractivity contribution in [2.45, 2.75) is 56.6 Å². The largest absolute Gasteiger partial charge is 0.381 e. The molecule has 0 aromatic carbocycles. The molecule has 1 saturated heterocycles. The van der Waals surface area contributed by atoms with Crippen molar-refractivity contribution in [1.82, 2.24) is 10.1 Å². The summed E-state index contributed by atoms with van der Waals surface area (Å²) in [5.74, 6) is 1.29. The molecule has 2 aliphatic rings. The summed E-state index contributed by atoms with van der Waals surface area (Å²) < 4.78 is 16.4. The quantitative estimate of drug-likeness (QED) is 0.893. The maximum Gasteiger partial charge on any atom is 0.229 e. The van der Waals surface area contributed by atoms with E-state index in [9.17, 15) is 0 Å². The van der Waals surface area contributed by atoms with Crippen LogP contribution in [-0.4, -0.2) is 36.1 Å². The van der Waals surface area contributed by atoms with E-state index >= 15 is 0 Å². The molecule has 1 aromatic rings. The lowest BCUT2D eigenvalue weighted by Crippen LogP contribution is -2.34. The lowest BCUT2D eigenvalue weighted by molar-refractivity contribution is -0.0318. The molecular weight excluding hydrogens is 294 g/mol. The maximum atomic E-state index is 6.31. The van der Waals surface area contributed by atoms with E-state index in [1.807, 2.05) is 0 Å². The molecule has 0 amide bonds. The molecule has 0 spiro atoms. The molecule has 120 valence electrons. The first-order valence-corrected chi connectivity index (χ1v) is 7.58. The molecule has 1 saturated carbocycles. The topological polar surface area (TPSA) is 83.4 Å². The molecule has 2 heterocycles. The standard InChI is InChI=1S/C14H23N3O3.ClH/c15-14(6-1-2-7-14)13-16-12(20-17-13)5-10-19-11-3-8-18-9-4-11;/h11H,1-10,15H2;1H. The lowest BCUT2D eigenvalue weighted by Gasteiger charge is -2.21. The van der Waals surface area contributed by atoms with Gasteiger partial charge < -0.3 is 19.7 Å². The van der Waals surface area contributed by atoms with E-state index < -0.39 is 0 Å². The van der Waals surface area contributed by atoms with Gasteiger partial charge in [0.05, 0.1) is 24.7 Å². The summed E-state index contributed by atoms with van der Waals surface area (Å²) in [6, 6.07) is 0. The molecule has 3 rings (SSSR count). The number of ether oxygens (including phenoxy) is 2. The van der Waals surface area contributed by atoms with Crippen LogP contribution < -0.4 is 5.73 Å². The number of nitrogens with two attached hydrogens (primary N) is 1. The molecule has 6 nitrogen and oxygen atoms in total. The van der Waals surface area contributed by atoms with Crippen molar-refractivity contribution in [1.29, 1.82) is 0 Å². The molecule has 1 aliphatic heterocycles. The summed E-state index contributed by atoms with van der Waals surface area (Å²) in [5, 5.41) is 4.05. The van der Waals surface area contributed by atoms with E-state index in [0.29, 0.717) is 30.8 Å².